The van der Waals surface area contributed by atoms with E-state index >= 15 is 0 Å². The van der Waals surface area contributed by atoms with Crippen LogP contribution in [-0.4, -0.2) is 11.6 Å². The lowest BCUT2D eigenvalue weighted by atomic mass is 10.1. The Labute approximate surface area is 98.1 Å². The highest BCUT2D eigenvalue weighted by Crippen LogP contribution is 2.28. The minimum absolute atomic E-state index is 0.723. The highest BCUT2D eigenvalue weighted by Gasteiger charge is 2.21. The molecular formula is C11H22Cl2O. The van der Waals surface area contributed by atoms with E-state index in [4.69, 9.17) is 27.9 Å². The number of rotatable bonds is 9. The topological polar surface area (TPSA) is 9.23 Å². The average Bonchev–Trinajstić information content (AvgIpc) is 2.16. The maximum absolute atomic E-state index is 5.83. The first-order valence-corrected chi connectivity index (χ1v) is 6.31. The van der Waals surface area contributed by atoms with Crippen LogP contribution in [0, 0.1) is 0 Å². The molecule has 3 heteroatoms. The monoisotopic (exact) mass is 240 g/mol. The second kappa shape index (κ2) is 8.82. The van der Waals surface area contributed by atoms with E-state index in [1.807, 2.05) is 0 Å². The fraction of sp³-hybridized carbons (Fsp3) is 1.00. The van der Waals surface area contributed by atoms with Gasteiger partial charge in [0, 0.05) is 13.5 Å². The summed E-state index contributed by atoms with van der Waals surface area (Å²) in [7, 11) is 1.54. The molecule has 0 N–H and O–H groups in total. The summed E-state index contributed by atoms with van der Waals surface area (Å²) in [5.41, 5.74) is 0. The molecule has 1 nitrogen and oxygen atoms in total. The van der Waals surface area contributed by atoms with E-state index < -0.39 is 4.52 Å². The smallest absolute Gasteiger partial charge is 0.217 e. The number of hydrogen-bond donors (Lipinski definition) is 0. The molecule has 0 saturated carbocycles. The molecule has 0 aliphatic heterocycles. The lowest BCUT2D eigenvalue weighted by Gasteiger charge is -2.16. The maximum atomic E-state index is 5.83. The first-order valence-electron chi connectivity index (χ1n) is 5.55. The van der Waals surface area contributed by atoms with Crippen molar-refractivity contribution in [2.45, 2.75) is 62.8 Å². The van der Waals surface area contributed by atoms with E-state index in [-0.39, 0.29) is 0 Å². The van der Waals surface area contributed by atoms with E-state index in [2.05, 4.69) is 6.92 Å². The number of ether oxygens (including phenoxy) is 1. The van der Waals surface area contributed by atoms with Crippen molar-refractivity contribution in [1.82, 2.24) is 0 Å². The summed E-state index contributed by atoms with van der Waals surface area (Å²) in [5, 5.41) is 0. The van der Waals surface area contributed by atoms with Crippen molar-refractivity contribution in [1.29, 1.82) is 0 Å². The molecule has 0 bridgehead atoms. The van der Waals surface area contributed by atoms with Crippen LogP contribution in [0.4, 0.5) is 0 Å². The first-order chi connectivity index (χ1) is 6.62. The molecule has 0 unspecified atom stereocenters. The summed E-state index contributed by atoms with van der Waals surface area (Å²) in [6, 6.07) is 0. The van der Waals surface area contributed by atoms with E-state index in [0.717, 1.165) is 12.8 Å². The Bertz CT molecular complexity index is 126. The third-order valence-electron chi connectivity index (χ3n) is 2.37. The third kappa shape index (κ3) is 9.11. The predicted molar refractivity (Wildman–Crippen MR) is 64.1 cm³/mol. The fourth-order valence-electron chi connectivity index (χ4n) is 1.39. The van der Waals surface area contributed by atoms with Gasteiger partial charge in [-0.2, -0.15) is 0 Å². The Morgan fingerprint density at radius 2 is 1.43 bits per heavy atom. The van der Waals surface area contributed by atoms with Crippen molar-refractivity contribution in [3.8, 4) is 0 Å². The van der Waals surface area contributed by atoms with Gasteiger partial charge in [0.1, 0.15) is 0 Å². The molecule has 86 valence electrons. The molecule has 0 aliphatic carbocycles. The van der Waals surface area contributed by atoms with Crippen molar-refractivity contribution in [3.05, 3.63) is 0 Å². The van der Waals surface area contributed by atoms with Crippen LogP contribution in [0.2, 0.25) is 0 Å². The molecule has 0 rings (SSSR count). The van der Waals surface area contributed by atoms with Crippen LogP contribution in [0.25, 0.3) is 0 Å². The minimum atomic E-state index is -0.969. The van der Waals surface area contributed by atoms with Crippen LogP contribution >= 0.6 is 23.2 Å². The largest absolute Gasteiger partial charge is 0.350 e. The molecule has 0 aliphatic rings. The van der Waals surface area contributed by atoms with Gasteiger partial charge in [-0.1, -0.05) is 68.7 Å². The van der Waals surface area contributed by atoms with Gasteiger partial charge in [0.05, 0.1) is 0 Å². The summed E-state index contributed by atoms with van der Waals surface area (Å²) < 4.78 is 3.94. The minimum Gasteiger partial charge on any atom is -0.350 e. The van der Waals surface area contributed by atoms with E-state index in [1.165, 1.54) is 38.5 Å². The average molecular weight is 241 g/mol. The SMILES string of the molecule is CCCCCCCCCC(Cl)(Cl)OC. The third-order valence-corrected chi connectivity index (χ3v) is 3.06. The normalized spacial score (nSPS) is 12.0. The second-order valence-electron chi connectivity index (χ2n) is 3.71. The van der Waals surface area contributed by atoms with E-state index in [1.54, 1.807) is 7.11 Å². The molecule has 0 radical (unpaired) electrons. The van der Waals surface area contributed by atoms with Crippen LogP contribution in [0.1, 0.15) is 58.3 Å². The fourth-order valence-corrected chi connectivity index (χ4v) is 1.66. The van der Waals surface area contributed by atoms with Gasteiger partial charge in [-0.05, 0) is 6.42 Å². The maximum Gasteiger partial charge on any atom is 0.217 e. The second-order valence-corrected chi connectivity index (χ2v) is 5.13. The van der Waals surface area contributed by atoms with Gasteiger partial charge in [0.2, 0.25) is 4.52 Å². The number of halogens is 2. The van der Waals surface area contributed by atoms with E-state index in [9.17, 15) is 0 Å². The van der Waals surface area contributed by atoms with Crippen molar-refractivity contribution in [2.75, 3.05) is 7.11 Å². The Morgan fingerprint density at radius 3 is 1.93 bits per heavy atom. The van der Waals surface area contributed by atoms with Crippen molar-refractivity contribution in [2.24, 2.45) is 0 Å². The van der Waals surface area contributed by atoms with E-state index in [0.29, 0.717) is 0 Å². The predicted octanol–water partition coefficient (Wildman–Crippen LogP) is 4.90. The molecule has 0 atom stereocenters. The zero-order chi connectivity index (χ0) is 10.9. The zero-order valence-electron chi connectivity index (χ0n) is 9.32. The Morgan fingerprint density at radius 1 is 0.929 bits per heavy atom. The van der Waals surface area contributed by atoms with Gasteiger partial charge in [-0.25, -0.2) is 0 Å². The van der Waals surface area contributed by atoms with Gasteiger partial charge in [0.15, 0.2) is 0 Å². The molecule has 14 heavy (non-hydrogen) atoms. The highest BCUT2D eigenvalue weighted by atomic mass is 35.5. The van der Waals surface area contributed by atoms with Gasteiger partial charge in [-0.15, -0.1) is 0 Å². The quantitative estimate of drug-likeness (QED) is 0.412. The number of methoxy groups -OCH3 is 1. The zero-order valence-corrected chi connectivity index (χ0v) is 10.8. The molecule has 0 aromatic heterocycles. The van der Waals surface area contributed by atoms with Gasteiger partial charge in [-0.3, -0.25) is 0 Å². The first kappa shape index (κ1) is 14.5. The summed E-state index contributed by atoms with van der Waals surface area (Å²) in [6.45, 7) is 2.23. The standard InChI is InChI=1S/C11H22Cl2O/c1-3-4-5-6-7-8-9-10-11(12,13)14-2/h3-10H2,1-2H3. The van der Waals surface area contributed by atoms with Gasteiger partial charge >= 0.3 is 0 Å². The Hall–Kier alpha value is 0.540. The number of alkyl halides is 2. The molecule has 0 fully saturated rings. The van der Waals surface area contributed by atoms with Crippen LogP contribution in [0.3, 0.4) is 0 Å². The summed E-state index contributed by atoms with van der Waals surface area (Å²) in [5.74, 6) is 0. The lowest BCUT2D eigenvalue weighted by Crippen LogP contribution is -2.14. The number of unbranched alkanes of at least 4 members (excludes halogenated alkanes) is 6. The molecule has 0 heterocycles. The molecule has 0 spiro atoms. The lowest BCUT2D eigenvalue weighted by molar-refractivity contribution is 0.123. The van der Waals surface area contributed by atoms with Crippen molar-refractivity contribution >= 4 is 23.2 Å². The van der Waals surface area contributed by atoms with Gasteiger partial charge in [0.25, 0.3) is 0 Å². The Balaban J connectivity index is 3.13. The molecular weight excluding hydrogens is 219 g/mol. The van der Waals surface area contributed by atoms with Gasteiger partial charge < -0.3 is 4.74 Å². The summed E-state index contributed by atoms with van der Waals surface area (Å²) in [6.07, 6.45) is 9.60. The van der Waals surface area contributed by atoms with Crippen LogP contribution in [0.5, 0.6) is 0 Å². The molecule has 0 aromatic rings. The van der Waals surface area contributed by atoms with Crippen molar-refractivity contribution in [3.63, 3.8) is 0 Å². The summed E-state index contributed by atoms with van der Waals surface area (Å²) in [4.78, 5) is 0. The number of hydrogen-bond acceptors (Lipinski definition) is 1. The Kier molecular flexibility index (Phi) is 9.16. The molecule has 0 saturated heterocycles. The van der Waals surface area contributed by atoms with Crippen LogP contribution in [-0.2, 0) is 4.74 Å². The molecule has 0 amide bonds. The summed E-state index contributed by atoms with van der Waals surface area (Å²) >= 11 is 11.7. The van der Waals surface area contributed by atoms with Crippen LogP contribution < -0.4 is 0 Å². The highest BCUT2D eigenvalue weighted by molar-refractivity contribution is 6.47. The van der Waals surface area contributed by atoms with Crippen LogP contribution in [0.15, 0.2) is 0 Å². The molecule has 0 aromatic carbocycles. The van der Waals surface area contributed by atoms with Crippen molar-refractivity contribution < 1.29 is 4.74 Å².